The first-order chi connectivity index (χ1) is 15.6. The molecule has 186 valence electrons. The Morgan fingerprint density at radius 3 is 2.42 bits per heavy atom. The quantitative estimate of drug-likeness (QED) is 0.430. The molecule has 4 aliphatic heterocycles. The van der Waals surface area contributed by atoms with Gasteiger partial charge in [-0.2, -0.15) is 0 Å². The summed E-state index contributed by atoms with van der Waals surface area (Å²) < 4.78 is 21.2. The van der Waals surface area contributed by atoms with E-state index in [1.807, 2.05) is 0 Å². The van der Waals surface area contributed by atoms with Gasteiger partial charge in [0.25, 0.3) is 5.91 Å². The molecule has 3 saturated heterocycles. The Labute approximate surface area is 192 Å². The van der Waals surface area contributed by atoms with Gasteiger partial charge >= 0.3 is 0 Å². The molecule has 4 rings (SSSR count). The summed E-state index contributed by atoms with van der Waals surface area (Å²) in [4.78, 5) is 49.8. The van der Waals surface area contributed by atoms with Gasteiger partial charge < -0.3 is 44.0 Å². The molecule has 6 unspecified atom stereocenters. The maximum atomic E-state index is 13.9. The molecule has 3 N–H and O–H groups in total. The highest BCUT2D eigenvalue weighted by atomic mass is 31.2. The first-order valence-corrected chi connectivity index (χ1v) is 13.1. The lowest BCUT2D eigenvalue weighted by molar-refractivity contribution is -0.343. The van der Waals surface area contributed by atoms with Crippen LogP contribution in [0.5, 0.6) is 0 Å². The predicted octanol–water partition coefficient (Wildman–Crippen LogP) is -0.801. The van der Waals surface area contributed by atoms with Crippen LogP contribution < -0.4 is 15.1 Å². The van der Waals surface area contributed by atoms with Crippen LogP contribution in [0.1, 0.15) is 64.2 Å². The van der Waals surface area contributed by atoms with Crippen LogP contribution in [0.15, 0.2) is 12.3 Å². The molecule has 0 spiro atoms. The lowest BCUT2D eigenvalue weighted by Gasteiger charge is -2.47. The molecule has 4 aliphatic rings. The van der Waals surface area contributed by atoms with E-state index in [2.05, 4.69) is 9.84 Å². The van der Waals surface area contributed by atoms with Crippen molar-refractivity contribution >= 4 is 19.6 Å². The van der Waals surface area contributed by atoms with Gasteiger partial charge in [-0.15, -0.1) is 0 Å². The van der Waals surface area contributed by atoms with E-state index < -0.39 is 49.9 Å². The van der Waals surface area contributed by atoms with E-state index in [1.165, 1.54) is 17.2 Å². The number of nitrogens with one attached hydrogen (secondary N) is 1. The summed E-state index contributed by atoms with van der Waals surface area (Å²) in [6, 6.07) is 0. The van der Waals surface area contributed by atoms with E-state index in [1.54, 1.807) is 0 Å². The Balaban J connectivity index is 1.73. The van der Waals surface area contributed by atoms with Gasteiger partial charge in [-0.05, 0) is 32.1 Å². The van der Waals surface area contributed by atoms with Crippen molar-refractivity contribution < 1.29 is 43.4 Å². The molecule has 0 aromatic rings. The zero-order chi connectivity index (χ0) is 23.9. The second-order valence-electron chi connectivity index (χ2n) is 9.61. The van der Waals surface area contributed by atoms with Crippen LogP contribution in [0.3, 0.4) is 0 Å². The van der Waals surface area contributed by atoms with Crippen molar-refractivity contribution in [1.29, 1.82) is 0 Å². The van der Waals surface area contributed by atoms with Gasteiger partial charge in [-0.1, -0.05) is 32.1 Å². The molecule has 0 aromatic carbocycles. The van der Waals surface area contributed by atoms with Crippen molar-refractivity contribution in [3.63, 3.8) is 0 Å². The van der Waals surface area contributed by atoms with Gasteiger partial charge in [0.15, 0.2) is 0 Å². The van der Waals surface area contributed by atoms with Crippen molar-refractivity contribution in [2.45, 2.75) is 99.7 Å². The second-order valence-corrected chi connectivity index (χ2v) is 10.8. The number of hydrogen-bond acceptors (Lipinski definition) is 9. The molecule has 2 amide bonds. The highest BCUT2D eigenvalue weighted by Gasteiger charge is 2.60. The van der Waals surface area contributed by atoms with E-state index in [9.17, 15) is 34.2 Å². The Hall–Kier alpha value is -1.33. The lowest BCUT2D eigenvalue weighted by atomic mass is 9.78. The van der Waals surface area contributed by atoms with E-state index in [0.29, 0.717) is 32.1 Å². The largest absolute Gasteiger partial charge is 0.790 e. The first kappa shape index (κ1) is 24.8. The van der Waals surface area contributed by atoms with Crippen molar-refractivity contribution in [1.82, 2.24) is 10.2 Å². The fourth-order valence-electron chi connectivity index (χ4n) is 5.95. The summed E-state index contributed by atoms with van der Waals surface area (Å²) in [5, 5.41) is 24.5. The molecule has 33 heavy (non-hydrogen) atoms. The Morgan fingerprint density at radius 1 is 1.06 bits per heavy atom. The number of aliphatic hydroxyl groups excluding tert-OH is 2. The molecule has 6 atom stereocenters. The molecule has 0 aliphatic carbocycles. The molecule has 4 heterocycles. The zero-order valence-corrected chi connectivity index (χ0v) is 19.3. The number of carbonyl (C=O) groups excluding carboxylic acids is 2. The topological polar surface area (TPSA) is 172 Å². The molecular weight excluding hydrogens is 455 g/mol. The minimum atomic E-state index is -5.30. The van der Waals surface area contributed by atoms with Crippen LogP contribution in [-0.4, -0.2) is 69.0 Å². The number of phosphoric ester groups is 1. The van der Waals surface area contributed by atoms with Crippen molar-refractivity contribution in [3.8, 4) is 0 Å². The lowest BCUT2D eigenvalue weighted by Crippen LogP contribution is -2.64. The minimum Gasteiger partial charge on any atom is -0.790 e. The second kappa shape index (κ2) is 9.37. The Morgan fingerprint density at radius 2 is 1.70 bits per heavy atom. The average molecular weight is 486 g/mol. The van der Waals surface area contributed by atoms with E-state index in [-0.39, 0.29) is 11.8 Å². The SMILES string of the molecule is O=C1C=CN2C(=O)C3(CCCCCCCC2(C2OC(COP(=O)([O-])[O-])C(O)C2O)CCC3)N1. The summed E-state index contributed by atoms with van der Waals surface area (Å²) >= 11 is 0. The van der Waals surface area contributed by atoms with Crippen LogP contribution in [0.25, 0.3) is 0 Å². The summed E-state index contributed by atoms with van der Waals surface area (Å²) in [7, 11) is -5.30. The fraction of sp³-hybridized carbons (Fsp3) is 0.810. The number of nitrogens with zero attached hydrogens (tertiary/aromatic N) is 1. The monoisotopic (exact) mass is 486 g/mol. The van der Waals surface area contributed by atoms with Gasteiger partial charge in [0.05, 0.1) is 20.0 Å². The standard InChI is InChI=1S/C21H33N2O9P/c24-15-7-12-23-19(27)20(22-15)8-4-2-1-3-5-10-21(23,11-6-9-20)18-17(26)16(25)14(32-18)13-31-33(28,29)30/h7,12,14,16-18,25-26H,1-6,8-11,13H2,(H,22,24)(H2,28,29,30)/p-2. The normalized spacial score (nSPS) is 40.2. The van der Waals surface area contributed by atoms with Crippen LogP contribution in [0.2, 0.25) is 0 Å². The summed E-state index contributed by atoms with van der Waals surface area (Å²) in [6.45, 7) is -0.733. The Kier molecular flexibility index (Phi) is 7.04. The van der Waals surface area contributed by atoms with Gasteiger partial charge in [0.1, 0.15) is 30.0 Å². The Bertz CT molecular complexity index is 848. The number of ether oxygens (including phenoxy) is 1. The minimum absolute atomic E-state index is 0.266. The van der Waals surface area contributed by atoms with E-state index in [4.69, 9.17) is 4.74 Å². The first-order valence-electron chi connectivity index (χ1n) is 11.6. The smallest absolute Gasteiger partial charge is 0.252 e. The number of carbonyl (C=O) groups is 2. The summed E-state index contributed by atoms with van der Waals surface area (Å²) in [6.07, 6.45) is 4.33. The molecule has 0 aromatic heterocycles. The third-order valence-electron chi connectivity index (χ3n) is 7.56. The molecule has 12 heteroatoms. The average Bonchev–Trinajstić information content (AvgIpc) is 2.88. The zero-order valence-electron chi connectivity index (χ0n) is 18.4. The summed E-state index contributed by atoms with van der Waals surface area (Å²) in [5.74, 6) is -0.628. The maximum absolute atomic E-state index is 13.9. The summed E-state index contributed by atoms with van der Waals surface area (Å²) in [5.41, 5.74) is -2.10. The van der Waals surface area contributed by atoms with Crippen LogP contribution in [-0.2, 0) is 23.4 Å². The highest BCUT2D eigenvalue weighted by Crippen LogP contribution is 2.46. The van der Waals surface area contributed by atoms with Gasteiger partial charge in [-0.25, -0.2) is 0 Å². The van der Waals surface area contributed by atoms with Crippen molar-refractivity contribution in [2.75, 3.05) is 6.61 Å². The van der Waals surface area contributed by atoms with Crippen molar-refractivity contribution in [2.24, 2.45) is 0 Å². The molecule has 0 saturated carbocycles. The number of amides is 2. The van der Waals surface area contributed by atoms with Gasteiger partial charge in [0.2, 0.25) is 5.91 Å². The van der Waals surface area contributed by atoms with E-state index in [0.717, 1.165) is 32.1 Å². The highest BCUT2D eigenvalue weighted by molar-refractivity contribution is 7.43. The fourth-order valence-corrected chi connectivity index (χ4v) is 6.28. The van der Waals surface area contributed by atoms with Crippen molar-refractivity contribution in [3.05, 3.63) is 12.3 Å². The molecular formula is C21H31N2O9P-2. The van der Waals surface area contributed by atoms with E-state index >= 15 is 0 Å². The van der Waals surface area contributed by atoms with Crippen LogP contribution >= 0.6 is 7.82 Å². The third kappa shape index (κ3) is 4.77. The number of phosphoric acid groups is 1. The maximum Gasteiger partial charge on any atom is 0.252 e. The number of hydrogen-bond donors (Lipinski definition) is 3. The van der Waals surface area contributed by atoms with Gasteiger partial charge in [-0.3, -0.25) is 9.59 Å². The molecule has 11 nitrogen and oxygen atoms in total. The molecule has 3 bridgehead atoms. The van der Waals surface area contributed by atoms with Gasteiger partial charge in [0, 0.05) is 12.3 Å². The van der Waals surface area contributed by atoms with Crippen LogP contribution in [0.4, 0.5) is 0 Å². The predicted molar refractivity (Wildman–Crippen MR) is 110 cm³/mol. The number of rotatable bonds is 4. The molecule has 3 fully saturated rings. The number of aliphatic hydroxyl groups is 2. The molecule has 0 radical (unpaired) electrons. The van der Waals surface area contributed by atoms with Crippen LogP contribution in [0, 0.1) is 0 Å². The third-order valence-corrected chi connectivity index (χ3v) is 8.03.